The molecule has 214 valence electrons. The maximum Gasteiger partial charge on any atom is 0.416 e. The number of hydrogen-bond acceptors (Lipinski definition) is 5. The summed E-state index contributed by atoms with van der Waals surface area (Å²) < 4.78 is 85.8. The smallest absolute Gasteiger partial charge is 0.416 e. The number of ether oxygens (including phenoxy) is 1. The summed E-state index contributed by atoms with van der Waals surface area (Å²) in [4.78, 5) is 32.0. The SMILES string of the molecule is CCOC(=O)c1ncc(C)c(-c2ccccc2)c1C(=O)N(CCCO)Cc1cc(C(F)(F)F)cc(C(F)(F)F)c1. The average Bonchev–Trinajstić information content (AvgIpc) is 2.89. The minimum Gasteiger partial charge on any atom is -0.461 e. The molecular formula is C28H26F6N2O4. The maximum atomic E-state index is 14.0. The van der Waals surface area contributed by atoms with Gasteiger partial charge in [0.1, 0.15) is 0 Å². The molecule has 0 spiro atoms. The number of carbonyl (C=O) groups is 2. The van der Waals surface area contributed by atoms with Gasteiger partial charge in [0.15, 0.2) is 5.69 Å². The standard InChI is InChI=1S/C28H26F6N2O4/c1-3-40-26(39)24-23(22(17(2)15-35-24)19-8-5-4-6-9-19)25(38)36(10-7-11-37)16-18-12-20(27(29,30)31)14-21(13-18)28(32,33)34/h4-6,8-9,12-15,37H,3,7,10-11,16H2,1-2H3. The van der Waals surface area contributed by atoms with Gasteiger partial charge in [-0.25, -0.2) is 9.78 Å². The minimum atomic E-state index is -5.08. The zero-order valence-electron chi connectivity index (χ0n) is 21.6. The van der Waals surface area contributed by atoms with Crippen molar-refractivity contribution in [3.05, 3.63) is 88.2 Å². The molecule has 2 aromatic carbocycles. The van der Waals surface area contributed by atoms with Crippen LogP contribution in [0.25, 0.3) is 11.1 Å². The fourth-order valence-electron chi connectivity index (χ4n) is 4.15. The van der Waals surface area contributed by atoms with Crippen molar-refractivity contribution in [1.82, 2.24) is 9.88 Å². The van der Waals surface area contributed by atoms with E-state index in [9.17, 15) is 41.0 Å². The number of hydrogen-bond donors (Lipinski definition) is 1. The number of benzene rings is 2. The molecule has 40 heavy (non-hydrogen) atoms. The van der Waals surface area contributed by atoms with E-state index in [0.29, 0.717) is 28.8 Å². The van der Waals surface area contributed by atoms with E-state index in [4.69, 9.17) is 4.74 Å². The molecule has 6 nitrogen and oxygen atoms in total. The number of nitrogens with zero attached hydrogens (tertiary/aromatic N) is 2. The number of carbonyl (C=O) groups excluding carboxylic acids is 2. The Morgan fingerprint density at radius 1 is 0.975 bits per heavy atom. The van der Waals surface area contributed by atoms with E-state index in [1.807, 2.05) is 0 Å². The van der Waals surface area contributed by atoms with Crippen LogP contribution in [-0.4, -0.2) is 46.6 Å². The molecule has 0 radical (unpaired) electrons. The highest BCUT2D eigenvalue weighted by Gasteiger charge is 2.37. The Bertz CT molecular complexity index is 1330. The lowest BCUT2D eigenvalue weighted by Gasteiger charge is -2.26. The number of aromatic nitrogens is 1. The lowest BCUT2D eigenvalue weighted by Crippen LogP contribution is -2.34. The van der Waals surface area contributed by atoms with Crippen LogP contribution in [0.3, 0.4) is 0 Å². The van der Waals surface area contributed by atoms with E-state index in [2.05, 4.69) is 4.98 Å². The molecule has 12 heteroatoms. The predicted molar refractivity (Wildman–Crippen MR) is 133 cm³/mol. The van der Waals surface area contributed by atoms with Crippen LogP contribution in [0.4, 0.5) is 26.3 Å². The van der Waals surface area contributed by atoms with Crippen molar-refractivity contribution in [2.24, 2.45) is 0 Å². The van der Waals surface area contributed by atoms with Crippen molar-refractivity contribution in [3.8, 4) is 11.1 Å². The third-order valence-electron chi connectivity index (χ3n) is 5.91. The van der Waals surface area contributed by atoms with E-state index < -0.39 is 54.1 Å². The number of aryl methyl sites for hydroxylation is 1. The number of pyridine rings is 1. The van der Waals surface area contributed by atoms with Gasteiger partial charge in [0.2, 0.25) is 0 Å². The third-order valence-corrected chi connectivity index (χ3v) is 5.91. The van der Waals surface area contributed by atoms with Gasteiger partial charge in [-0.1, -0.05) is 30.3 Å². The quantitative estimate of drug-likeness (QED) is 0.242. The molecule has 1 amide bonds. The van der Waals surface area contributed by atoms with Crippen molar-refractivity contribution in [2.75, 3.05) is 19.8 Å². The molecule has 1 aromatic heterocycles. The molecular weight excluding hydrogens is 542 g/mol. The predicted octanol–water partition coefficient (Wildman–Crippen LogP) is 6.30. The lowest BCUT2D eigenvalue weighted by molar-refractivity contribution is -0.143. The van der Waals surface area contributed by atoms with Crippen LogP contribution in [0.15, 0.2) is 54.7 Å². The molecule has 1 heterocycles. The number of aliphatic hydroxyl groups excluding tert-OH is 1. The van der Waals surface area contributed by atoms with Crippen LogP contribution in [0.5, 0.6) is 0 Å². The number of rotatable bonds is 9. The fourth-order valence-corrected chi connectivity index (χ4v) is 4.15. The summed E-state index contributed by atoms with van der Waals surface area (Å²) in [5.41, 5.74) is -2.75. The fraction of sp³-hybridized carbons (Fsp3) is 0.321. The van der Waals surface area contributed by atoms with Gasteiger partial charge in [-0.15, -0.1) is 0 Å². The van der Waals surface area contributed by atoms with E-state index >= 15 is 0 Å². The third kappa shape index (κ3) is 7.17. The van der Waals surface area contributed by atoms with Crippen molar-refractivity contribution >= 4 is 11.9 Å². The molecule has 0 bridgehead atoms. The monoisotopic (exact) mass is 568 g/mol. The molecule has 0 atom stereocenters. The zero-order chi connectivity index (χ0) is 29.7. The highest BCUT2D eigenvalue weighted by molar-refractivity contribution is 6.09. The Balaban J connectivity index is 2.21. The Labute approximate surface area is 226 Å². The molecule has 0 unspecified atom stereocenters. The summed E-state index contributed by atoms with van der Waals surface area (Å²) in [6, 6.07) is 9.54. The van der Waals surface area contributed by atoms with Crippen LogP contribution >= 0.6 is 0 Å². The van der Waals surface area contributed by atoms with E-state index in [-0.39, 0.29) is 36.9 Å². The van der Waals surface area contributed by atoms with Gasteiger partial charge in [-0.3, -0.25) is 4.79 Å². The van der Waals surface area contributed by atoms with Gasteiger partial charge < -0.3 is 14.7 Å². The van der Waals surface area contributed by atoms with Gasteiger partial charge in [0, 0.05) is 31.5 Å². The molecule has 0 aliphatic heterocycles. The zero-order valence-corrected chi connectivity index (χ0v) is 21.6. The summed E-state index contributed by atoms with van der Waals surface area (Å²) in [5, 5.41) is 9.40. The second kappa shape index (κ2) is 12.5. The van der Waals surface area contributed by atoms with Crippen molar-refractivity contribution in [1.29, 1.82) is 0 Å². The molecule has 3 aromatic rings. The van der Waals surface area contributed by atoms with E-state index in [1.165, 1.54) is 6.20 Å². The average molecular weight is 569 g/mol. The first-order valence-corrected chi connectivity index (χ1v) is 12.2. The second-order valence-electron chi connectivity index (χ2n) is 8.84. The summed E-state index contributed by atoms with van der Waals surface area (Å²) >= 11 is 0. The number of esters is 1. The van der Waals surface area contributed by atoms with Crippen molar-refractivity contribution in [2.45, 2.75) is 39.2 Å². The Kier molecular flexibility index (Phi) is 9.56. The lowest BCUT2D eigenvalue weighted by atomic mass is 9.93. The summed E-state index contributed by atoms with van der Waals surface area (Å²) in [7, 11) is 0. The van der Waals surface area contributed by atoms with Gasteiger partial charge >= 0.3 is 18.3 Å². The summed E-state index contributed by atoms with van der Waals surface area (Å²) in [6.07, 6.45) is -8.82. The van der Waals surface area contributed by atoms with Crippen LogP contribution in [0, 0.1) is 6.92 Å². The van der Waals surface area contributed by atoms with Gasteiger partial charge in [0.25, 0.3) is 5.91 Å². The van der Waals surface area contributed by atoms with E-state index in [0.717, 1.165) is 4.90 Å². The molecule has 0 fully saturated rings. The van der Waals surface area contributed by atoms with Gasteiger partial charge in [-0.05, 0) is 55.2 Å². The van der Waals surface area contributed by atoms with Crippen LogP contribution < -0.4 is 0 Å². The number of aliphatic hydroxyl groups is 1. The normalized spacial score (nSPS) is 11.8. The topological polar surface area (TPSA) is 79.7 Å². The largest absolute Gasteiger partial charge is 0.461 e. The first kappa shape index (κ1) is 30.6. The maximum absolute atomic E-state index is 14.0. The molecule has 0 saturated carbocycles. The summed E-state index contributed by atoms with van der Waals surface area (Å²) in [5.74, 6) is -1.80. The second-order valence-corrected chi connectivity index (χ2v) is 8.84. The van der Waals surface area contributed by atoms with Crippen LogP contribution in [-0.2, 0) is 23.6 Å². The minimum absolute atomic E-state index is 0.000226. The number of alkyl halides is 6. The number of amides is 1. The Hall–Kier alpha value is -3.93. The molecule has 3 rings (SSSR count). The van der Waals surface area contributed by atoms with Crippen molar-refractivity contribution < 1.29 is 45.8 Å². The van der Waals surface area contributed by atoms with Gasteiger partial charge in [-0.2, -0.15) is 26.3 Å². The summed E-state index contributed by atoms with van der Waals surface area (Å²) in [6.45, 7) is 1.82. The van der Waals surface area contributed by atoms with Crippen LogP contribution in [0.2, 0.25) is 0 Å². The Morgan fingerprint density at radius 3 is 2.10 bits per heavy atom. The Morgan fingerprint density at radius 2 is 1.57 bits per heavy atom. The first-order chi connectivity index (χ1) is 18.8. The molecule has 1 N–H and O–H groups in total. The highest BCUT2D eigenvalue weighted by atomic mass is 19.4. The molecule has 0 saturated heterocycles. The molecule has 0 aliphatic carbocycles. The number of halogens is 6. The molecule has 0 aliphatic rings. The first-order valence-electron chi connectivity index (χ1n) is 12.2. The van der Waals surface area contributed by atoms with Crippen LogP contribution in [0.1, 0.15) is 56.4 Å². The van der Waals surface area contributed by atoms with E-state index in [1.54, 1.807) is 44.2 Å². The van der Waals surface area contributed by atoms with Gasteiger partial charge in [0.05, 0.1) is 23.3 Å². The highest BCUT2D eigenvalue weighted by Crippen LogP contribution is 2.37. The van der Waals surface area contributed by atoms with Crippen molar-refractivity contribution in [3.63, 3.8) is 0 Å².